The zero-order valence-electron chi connectivity index (χ0n) is 21.9. The number of imidazole rings is 1. The van der Waals surface area contributed by atoms with Crippen LogP contribution in [0.5, 0.6) is 17.2 Å². The Morgan fingerprint density at radius 1 is 1.03 bits per heavy atom. The smallest absolute Gasteiger partial charge is 0.274 e. The van der Waals surface area contributed by atoms with Crippen LogP contribution in [0, 0.1) is 0 Å². The minimum absolute atomic E-state index is 0.0148. The van der Waals surface area contributed by atoms with Gasteiger partial charge in [-0.3, -0.25) is 9.36 Å². The Labute approximate surface area is 207 Å². The molecule has 0 saturated carbocycles. The van der Waals surface area contributed by atoms with Crippen molar-refractivity contribution in [3.05, 3.63) is 53.3 Å². The summed E-state index contributed by atoms with van der Waals surface area (Å²) in [4.78, 5) is 20.4. The van der Waals surface area contributed by atoms with Gasteiger partial charge >= 0.3 is 0 Å². The first-order chi connectivity index (χ1) is 16.6. The van der Waals surface area contributed by atoms with Crippen LogP contribution in [0.1, 0.15) is 56.4 Å². The van der Waals surface area contributed by atoms with Gasteiger partial charge in [-0.25, -0.2) is 4.98 Å². The molecule has 1 aliphatic heterocycles. The molecule has 0 fully saturated rings. The summed E-state index contributed by atoms with van der Waals surface area (Å²) >= 11 is 0. The zero-order valence-corrected chi connectivity index (χ0v) is 21.9. The van der Waals surface area contributed by atoms with Crippen LogP contribution in [0.3, 0.4) is 0 Å². The molecule has 0 radical (unpaired) electrons. The molecular formula is C28H35N3O4. The van der Waals surface area contributed by atoms with Gasteiger partial charge in [0, 0.05) is 18.7 Å². The van der Waals surface area contributed by atoms with Gasteiger partial charge in [0.2, 0.25) is 0 Å². The zero-order chi connectivity index (χ0) is 25.5. The van der Waals surface area contributed by atoms with Crippen LogP contribution >= 0.6 is 0 Å². The van der Waals surface area contributed by atoms with Crippen LogP contribution in [-0.2, 0) is 12.8 Å². The lowest BCUT2D eigenvalue weighted by molar-refractivity contribution is 0.0649. The summed E-state index contributed by atoms with van der Waals surface area (Å²) in [7, 11) is 5.12. The molecule has 0 N–H and O–H groups in total. The Morgan fingerprint density at radius 2 is 1.71 bits per heavy atom. The monoisotopic (exact) mass is 477 g/mol. The van der Waals surface area contributed by atoms with Crippen molar-refractivity contribution in [3.8, 4) is 34.3 Å². The molecule has 0 atom stereocenters. The predicted octanol–water partition coefficient (Wildman–Crippen LogP) is 5.31. The summed E-state index contributed by atoms with van der Waals surface area (Å²) in [6.45, 7) is 10.0. The number of fused-ring (bicyclic) bond motifs is 3. The normalized spacial score (nSPS) is 12.7. The van der Waals surface area contributed by atoms with Crippen molar-refractivity contribution >= 4 is 5.91 Å². The van der Waals surface area contributed by atoms with E-state index < -0.39 is 0 Å². The van der Waals surface area contributed by atoms with Gasteiger partial charge in [0.25, 0.3) is 5.91 Å². The highest BCUT2D eigenvalue weighted by atomic mass is 16.5. The molecule has 35 heavy (non-hydrogen) atoms. The Hall–Kier alpha value is -3.48. The summed E-state index contributed by atoms with van der Waals surface area (Å²) < 4.78 is 19.5. The number of para-hydroxylation sites is 1. The van der Waals surface area contributed by atoms with Crippen LogP contribution in [-0.4, -0.2) is 53.3 Å². The first-order valence-corrected chi connectivity index (χ1v) is 12.0. The van der Waals surface area contributed by atoms with Crippen molar-refractivity contribution in [3.63, 3.8) is 0 Å². The molecule has 7 nitrogen and oxygen atoms in total. The van der Waals surface area contributed by atoms with Gasteiger partial charge in [-0.15, -0.1) is 0 Å². The molecule has 0 saturated heterocycles. The number of carbonyl (C=O) groups is 1. The van der Waals surface area contributed by atoms with Gasteiger partial charge in [-0.05, 0) is 71.2 Å². The number of aromatic nitrogens is 2. The second-order valence-electron chi connectivity index (χ2n) is 10.1. The summed E-state index contributed by atoms with van der Waals surface area (Å²) in [6.07, 6.45) is 1.44. The minimum Gasteiger partial charge on any atom is -0.496 e. The van der Waals surface area contributed by atoms with Gasteiger partial charge in [0.15, 0.2) is 17.2 Å². The van der Waals surface area contributed by atoms with Crippen molar-refractivity contribution in [2.75, 3.05) is 21.3 Å². The van der Waals surface area contributed by atoms with Crippen molar-refractivity contribution in [2.24, 2.45) is 0 Å². The van der Waals surface area contributed by atoms with Crippen LogP contribution in [0.25, 0.3) is 17.1 Å². The number of hydrogen-bond acceptors (Lipinski definition) is 5. The summed E-state index contributed by atoms with van der Waals surface area (Å²) in [5, 5.41) is 0. The van der Waals surface area contributed by atoms with E-state index in [2.05, 4.69) is 4.57 Å². The van der Waals surface area contributed by atoms with E-state index in [4.69, 9.17) is 19.2 Å². The second kappa shape index (κ2) is 9.29. The minimum atomic E-state index is -0.337. The number of ether oxygens (including phenoxy) is 3. The SMILES string of the molecule is COc1cc2c(cc1OC(C)C)-n1c(-c3ccccc3OC)nc(C(=O)N(C)C(C)(C)C)c1CC2. The molecule has 7 heteroatoms. The lowest BCUT2D eigenvalue weighted by Crippen LogP contribution is -2.43. The van der Waals surface area contributed by atoms with Crippen LogP contribution in [0.2, 0.25) is 0 Å². The number of amides is 1. The second-order valence-corrected chi connectivity index (χ2v) is 10.1. The van der Waals surface area contributed by atoms with E-state index in [9.17, 15) is 4.79 Å². The topological polar surface area (TPSA) is 65.8 Å². The number of rotatable bonds is 6. The lowest BCUT2D eigenvalue weighted by atomic mass is 9.98. The molecule has 186 valence electrons. The highest BCUT2D eigenvalue weighted by molar-refractivity contribution is 5.95. The Bertz CT molecular complexity index is 1250. The summed E-state index contributed by atoms with van der Waals surface area (Å²) in [5.74, 6) is 2.63. The highest BCUT2D eigenvalue weighted by Crippen LogP contribution is 2.41. The standard InChI is InChI=1S/C28H35N3O4/c1-17(2)35-24-16-21-18(15-23(24)34-8)13-14-20-25(27(32)30(6)28(3,4)5)29-26(31(20)21)19-11-9-10-12-22(19)33-7/h9-12,15-17H,13-14H2,1-8H3. The van der Waals surface area contributed by atoms with E-state index in [1.165, 1.54) is 0 Å². The Morgan fingerprint density at radius 3 is 2.34 bits per heavy atom. The fourth-order valence-corrected chi connectivity index (χ4v) is 4.35. The van der Waals surface area contributed by atoms with E-state index in [1.807, 2.05) is 78.1 Å². The fourth-order valence-electron chi connectivity index (χ4n) is 4.35. The maximum atomic E-state index is 13.7. The van der Waals surface area contributed by atoms with Gasteiger partial charge in [-0.2, -0.15) is 0 Å². The number of methoxy groups -OCH3 is 2. The molecule has 0 unspecified atom stereocenters. The molecule has 0 aliphatic carbocycles. The van der Waals surface area contributed by atoms with Gasteiger partial charge in [0.1, 0.15) is 11.6 Å². The third-order valence-electron chi connectivity index (χ3n) is 6.43. The molecule has 1 aliphatic rings. The first-order valence-electron chi connectivity index (χ1n) is 12.0. The van der Waals surface area contributed by atoms with Crippen LogP contribution in [0.4, 0.5) is 0 Å². The van der Waals surface area contributed by atoms with Gasteiger partial charge in [0.05, 0.1) is 37.3 Å². The van der Waals surface area contributed by atoms with Crippen molar-refractivity contribution in [1.29, 1.82) is 0 Å². The van der Waals surface area contributed by atoms with Crippen molar-refractivity contribution in [1.82, 2.24) is 14.5 Å². The quantitative estimate of drug-likeness (QED) is 0.481. The predicted molar refractivity (Wildman–Crippen MR) is 137 cm³/mol. The molecular weight excluding hydrogens is 442 g/mol. The fraction of sp³-hybridized carbons (Fsp3) is 0.429. The van der Waals surface area contributed by atoms with Gasteiger partial charge in [-0.1, -0.05) is 12.1 Å². The van der Waals surface area contributed by atoms with E-state index in [-0.39, 0.29) is 17.6 Å². The van der Waals surface area contributed by atoms with Gasteiger partial charge < -0.3 is 19.1 Å². The number of benzene rings is 2. The molecule has 4 rings (SSSR count). The molecule has 2 aromatic carbocycles. The van der Waals surface area contributed by atoms with E-state index >= 15 is 0 Å². The average molecular weight is 478 g/mol. The number of carbonyl (C=O) groups excluding carboxylic acids is 1. The van der Waals surface area contributed by atoms with E-state index in [1.54, 1.807) is 19.1 Å². The third-order valence-corrected chi connectivity index (χ3v) is 6.43. The third kappa shape index (κ3) is 4.47. The number of aryl methyl sites for hydroxylation is 1. The van der Waals surface area contributed by atoms with E-state index in [0.29, 0.717) is 35.2 Å². The molecule has 1 amide bonds. The first kappa shape index (κ1) is 24.6. The highest BCUT2D eigenvalue weighted by Gasteiger charge is 2.33. The van der Waals surface area contributed by atoms with Crippen LogP contribution < -0.4 is 14.2 Å². The summed E-state index contributed by atoms with van der Waals surface area (Å²) in [5.41, 5.74) is 3.90. The maximum Gasteiger partial charge on any atom is 0.274 e. The molecule has 3 aromatic rings. The molecule has 2 heterocycles. The lowest BCUT2D eigenvalue weighted by Gasteiger charge is -2.32. The largest absolute Gasteiger partial charge is 0.496 e. The molecule has 0 spiro atoms. The summed E-state index contributed by atoms with van der Waals surface area (Å²) in [6, 6.07) is 11.8. The molecule has 1 aromatic heterocycles. The average Bonchev–Trinajstić information content (AvgIpc) is 3.21. The Kier molecular flexibility index (Phi) is 6.54. The van der Waals surface area contributed by atoms with Crippen molar-refractivity contribution < 1.29 is 19.0 Å². The number of nitrogens with zero attached hydrogens (tertiary/aromatic N) is 3. The Balaban J connectivity index is 2.00. The van der Waals surface area contributed by atoms with Crippen molar-refractivity contribution in [2.45, 2.75) is 59.1 Å². The number of hydrogen-bond donors (Lipinski definition) is 0. The van der Waals surface area contributed by atoms with Crippen LogP contribution in [0.15, 0.2) is 36.4 Å². The maximum absolute atomic E-state index is 13.7. The molecule has 0 bridgehead atoms. The van der Waals surface area contributed by atoms with E-state index in [0.717, 1.165) is 28.9 Å².